The van der Waals surface area contributed by atoms with Gasteiger partial charge in [-0.1, -0.05) is 13.3 Å². The van der Waals surface area contributed by atoms with Crippen molar-refractivity contribution in [2.45, 2.75) is 38.6 Å². The van der Waals surface area contributed by atoms with Crippen LogP contribution in [0.1, 0.15) is 32.6 Å². The van der Waals surface area contributed by atoms with Gasteiger partial charge in [0.15, 0.2) is 0 Å². The lowest BCUT2D eigenvalue weighted by Crippen LogP contribution is -2.44. The number of sulfonamides is 1. The maximum atomic E-state index is 12.3. The molecule has 2 heterocycles. The van der Waals surface area contributed by atoms with E-state index in [-0.39, 0.29) is 11.7 Å². The molecule has 1 N–H and O–H groups in total. The molecule has 1 amide bonds. The number of carbonyl (C=O) groups is 1. The molecule has 21 heavy (non-hydrogen) atoms. The summed E-state index contributed by atoms with van der Waals surface area (Å²) in [6.07, 6.45) is 6.01. The number of hydrogen-bond donors (Lipinski definition) is 1. The Hall–Kier alpha value is -1.41. The number of rotatable bonds is 6. The molecule has 1 aliphatic heterocycles. The van der Waals surface area contributed by atoms with Crippen LogP contribution in [0.3, 0.4) is 0 Å². The van der Waals surface area contributed by atoms with Gasteiger partial charge in [0.2, 0.25) is 21.9 Å². The average Bonchev–Trinajstić information content (AvgIpc) is 3.06. The lowest BCUT2D eigenvalue weighted by molar-refractivity contribution is -0.119. The molecule has 7 nitrogen and oxygen atoms in total. The highest BCUT2D eigenvalue weighted by Gasteiger charge is 2.38. The molecule has 2 rings (SSSR count). The van der Waals surface area contributed by atoms with Crippen LogP contribution in [0.15, 0.2) is 12.4 Å². The second kappa shape index (κ2) is 6.57. The summed E-state index contributed by atoms with van der Waals surface area (Å²) >= 11 is 0. The number of aryl methyl sites for hydroxylation is 1. The van der Waals surface area contributed by atoms with E-state index in [9.17, 15) is 13.2 Å². The van der Waals surface area contributed by atoms with E-state index in [4.69, 9.17) is 0 Å². The van der Waals surface area contributed by atoms with Crippen molar-refractivity contribution in [2.24, 2.45) is 7.05 Å². The van der Waals surface area contributed by atoms with Crippen LogP contribution in [0.4, 0.5) is 5.95 Å². The third-order valence-electron chi connectivity index (χ3n) is 3.68. The third kappa shape index (κ3) is 3.62. The van der Waals surface area contributed by atoms with Crippen LogP contribution < -0.4 is 5.32 Å². The first-order valence-corrected chi connectivity index (χ1v) is 8.84. The number of hydrogen-bond acceptors (Lipinski definition) is 4. The molecule has 1 aromatic heterocycles. The minimum atomic E-state index is -3.36. The topological polar surface area (TPSA) is 84.3 Å². The molecule has 1 saturated heterocycles. The molecule has 8 heteroatoms. The van der Waals surface area contributed by atoms with E-state index in [0.717, 1.165) is 6.42 Å². The number of aromatic nitrogens is 2. The number of anilines is 1. The average molecular weight is 314 g/mol. The number of amides is 1. The van der Waals surface area contributed by atoms with Crippen molar-refractivity contribution in [1.82, 2.24) is 13.9 Å². The van der Waals surface area contributed by atoms with E-state index in [2.05, 4.69) is 10.3 Å². The summed E-state index contributed by atoms with van der Waals surface area (Å²) in [5.74, 6) is 0.232. The van der Waals surface area contributed by atoms with Gasteiger partial charge in [0.25, 0.3) is 0 Å². The van der Waals surface area contributed by atoms with Gasteiger partial charge in [0.05, 0.1) is 5.75 Å². The monoisotopic (exact) mass is 314 g/mol. The summed E-state index contributed by atoms with van der Waals surface area (Å²) in [5.41, 5.74) is 0. The van der Waals surface area contributed by atoms with Crippen LogP contribution in [-0.2, 0) is 21.9 Å². The zero-order chi connectivity index (χ0) is 15.5. The quantitative estimate of drug-likeness (QED) is 0.847. The molecule has 0 aromatic carbocycles. The SMILES string of the molecule is CCCCS(=O)(=O)N1CCCC1C(=O)Nc1nccn1C. The maximum Gasteiger partial charge on any atom is 0.245 e. The van der Waals surface area contributed by atoms with Crippen molar-refractivity contribution in [3.8, 4) is 0 Å². The van der Waals surface area contributed by atoms with Crippen LogP contribution in [0.2, 0.25) is 0 Å². The molecule has 0 saturated carbocycles. The van der Waals surface area contributed by atoms with Gasteiger partial charge in [-0.15, -0.1) is 0 Å². The van der Waals surface area contributed by atoms with E-state index in [1.165, 1.54) is 4.31 Å². The Morgan fingerprint density at radius 2 is 2.29 bits per heavy atom. The molecule has 1 aliphatic rings. The highest BCUT2D eigenvalue weighted by Crippen LogP contribution is 2.23. The van der Waals surface area contributed by atoms with Crippen LogP contribution in [0.25, 0.3) is 0 Å². The number of unbranched alkanes of at least 4 members (excludes halogenated alkanes) is 1. The Morgan fingerprint density at radius 3 is 2.90 bits per heavy atom. The summed E-state index contributed by atoms with van der Waals surface area (Å²) in [5, 5.41) is 2.70. The molecule has 1 aromatic rings. The second-order valence-electron chi connectivity index (χ2n) is 5.29. The molecule has 0 radical (unpaired) electrons. The summed E-state index contributed by atoms with van der Waals surface area (Å²) in [4.78, 5) is 16.4. The van der Waals surface area contributed by atoms with Gasteiger partial charge in [-0.25, -0.2) is 13.4 Å². The fourth-order valence-electron chi connectivity index (χ4n) is 2.46. The van der Waals surface area contributed by atoms with Gasteiger partial charge in [-0.3, -0.25) is 10.1 Å². The van der Waals surface area contributed by atoms with Gasteiger partial charge >= 0.3 is 0 Å². The van der Waals surface area contributed by atoms with Crippen LogP contribution >= 0.6 is 0 Å². The van der Waals surface area contributed by atoms with E-state index >= 15 is 0 Å². The normalized spacial score (nSPS) is 19.8. The summed E-state index contributed by atoms with van der Waals surface area (Å²) < 4.78 is 27.6. The first kappa shape index (κ1) is 16.0. The van der Waals surface area contributed by atoms with E-state index in [1.807, 2.05) is 6.92 Å². The first-order valence-electron chi connectivity index (χ1n) is 7.23. The fourth-order valence-corrected chi connectivity index (χ4v) is 4.34. The number of carbonyl (C=O) groups excluding carboxylic acids is 1. The van der Waals surface area contributed by atoms with Crippen molar-refractivity contribution in [2.75, 3.05) is 17.6 Å². The minimum Gasteiger partial charge on any atom is -0.320 e. The van der Waals surface area contributed by atoms with Crippen LogP contribution in [0.5, 0.6) is 0 Å². The van der Waals surface area contributed by atoms with Crippen LogP contribution in [-0.4, -0.2) is 46.5 Å². The zero-order valence-corrected chi connectivity index (χ0v) is 13.3. The van der Waals surface area contributed by atoms with Gasteiger partial charge < -0.3 is 4.57 Å². The second-order valence-corrected chi connectivity index (χ2v) is 7.33. The largest absolute Gasteiger partial charge is 0.320 e. The van der Waals surface area contributed by atoms with Crippen molar-refractivity contribution in [3.05, 3.63) is 12.4 Å². The smallest absolute Gasteiger partial charge is 0.245 e. The molecular weight excluding hydrogens is 292 g/mol. The Bertz CT molecular complexity index is 596. The van der Waals surface area contributed by atoms with Crippen LogP contribution in [0, 0.1) is 0 Å². The van der Waals surface area contributed by atoms with E-state index < -0.39 is 16.1 Å². The van der Waals surface area contributed by atoms with Crippen molar-refractivity contribution < 1.29 is 13.2 Å². The molecule has 0 bridgehead atoms. The summed E-state index contributed by atoms with van der Waals surface area (Å²) in [7, 11) is -1.59. The van der Waals surface area contributed by atoms with E-state index in [1.54, 1.807) is 24.0 Å². The molecule has 1 atom stereocenters. The molecular formula is C13H22N4O3S. The number of nitrogens with one attached hydrogen (secondary N) is 1. The Balaban J connectivity index is 2.08. The first-order chi connectivity index (χ1) is 9.95. The molecule has 118 valence electrons. The Morgan fingerprint density at radius 1 is 1.52 bits per heavy atom. The number of imidazole rings is 1. The maximum absolute atomic E-state index is 12.3. The highest BCUT2D eigenvalue weighted by atomic mass is 32.2. The van der Waals surface area contributed by atoms with Gasteiger partial charge in [0.1, 0.15) is 6.04 Å². The summed E-state index contributed by atoms with van der Waals surface area (Å²) in [6, 6.07) is -0.622. The Labute approximate surface area is 125 Å². The minimum absolute atomic E-state index is 0.107. The predicted molar refractivity (Wildman–Crippen MR) is 80.3 cm³/mol. The number of nitrogens with zero attached hydrogens (tertiary/aromatic N) is 3. The molecule has 0 spiro atoms. The van der Waals surface area contributed by atoms with Crippen molar-refractivity contribution in [3.63, 3.8) is 0 Å². The third-order valence-corrected chi connectivity index (χ3v) is 5.63. The van der Waals surface area contributed by atoms with Gasteiger partial charge in [0, 0.05) is 26.0 Å². The summed E-state index contributed by atoms with van der Waals surface area (Å²) in [6.45, 7) is 2.37. The fraction of sp³-hybridized carbons (Fsp3) is 0.692. The van der Waals surface area contributed by atoms with E-state index in [0.29, 0.717) is 31.8 Å². The highest BCUT2D eigenvalue weighted by molar-refractivity contribution is 7.89. The van der Waals surface area contributed by atoms with Crippen molar-refractivity contribution >= 4 is 21.9 Å². The standard InChI is InChI=1S/C13H22N4O3S/c1-3-4-10-21(19,20)17-8-5-6-11(17)12(18)15-13-14-7-9-16(13)2/h7,9,11H,3-6,8,10H2,1-2H3,(H,14,15,18). The zero-order valence-electron chi connectivity index (χ0n) is 12.4. The molecule has 1 fully saturated rings. The predicted octanol–water partition coefficient (Wildman–Crippen LogP) is 0.953. The Kier molecular flexibility index (Phi) is 5.00. The lowest BCUT2D eigenvalue weighted by atomic mass is 10.2. The lowest BCUT2D eigenvalue weighted by Gasteiger charge is -2.23. The molecule has 0 aliphatic carbocycles. The molecule has 1 unspecified atom stereocenters. The van der Waals surface area contributed by atoms with Gasteiger partial charge in [-0.2, -0.15) is 4.31 Å². The van der Waals surface area contributed by atoms with Gasteiger partial charge in [-0.05, 0) is 19.3 Å². The van der Waals surface area contributed by atoms with Crippen molar-refractivity contribution in [1.29, 1.82) is 0 Å².